The Kier molecular flexibility index (Phi) is 4.92. The molecule has 1 aromatic carbocycles. The maximum atomic E-state index is 11.8. The van der Waals surface area contributed by atoms with E-state index in [-0.39, 0.29) is 11.7 Å². The minimum absolute atomic E-state index is 0.0695. The second-order valence-electron chi connectivity index (χ2n) is 4.03. The summed E-state index contributed by atoms with van der Waals surface area (Å²) in [5.41, 5.74) is 0.0414. The highest BCUT2D eigenvalue weighted by Gasteiger charge is 2.19. The summed E-state index contributed by atoms with van der Waals surface area (Å²) in [4.78, 5) is 23.2. The smallest absolute Gasteiger partial charge is 0.441 e. The predicted octanol–water partition coefficient (Wildman–Crippen LogP) is 1.19. The Bertz CT molecular complexity index is 713. The van der Waals surface area contributed by atoms with E-state index in [4.69, 9.17) is 16.3 Å². The molecule has 1 amide bonds. The van der Waals surface area contributed by atoms with E-state index in [2.05, 4.69) is 15.1 Å². The third kappa shape index (κ3) is 3.79. The van der Waals surface area contributed by atoms with Crippen LogP contribution in [0.3, 0.4) is 0 Å². The molecule has 1 heterocycles. The van der Waals surface area contributed by atoms with Gasteiger partial charge in [0.25, 0.3) is 0 Å². The van der Waals surface area contributed by atoms with E-state index < -0.39 is 5.63 Å². The fraction of sp³-hybridized carbons (Fsp3) is 0.250. The van der Waals surface area contributed by atoms with Crippen LogP contribution in [0.5, 0.6) is 5.75 Å². The Morgan fingerprint density at radius 3 is 2.90 bits per heavy atom. The number of halogens is 1. The summed E-state index contributed by atoms with van der Waals surface area (Å²) >= 11 is 7.05. The van der Waals surface area contributed by atoms with Crippen molar-refractivity contribution in [3.05, 3.63) is 33.6 Å². The molecule has 0 saturated carbocycles. The van der Waals surface area contributed by atoms with Gasteiger partial charge in [0, 0.05) is 5.69 Å². The molecule has 9 heteroatoms. The van der Waals surface area contributed by atoms with E-state index in [0.29, 0.717) is 21.5 Å². The molecule has 1 aromatic heterocycles. The topological polar surface area (TPSA) is 88.2 Å². The van der Waals surface area contributed by atoms with Gasteiger partial charge in [-0.1, -0.05) is 16.3 Å². The first-order chi connectivity index (χ1) is 10.0. The quantitative estimate of drug-likeness (QED) is 0.635. The van der Waals surface area contributed by atoms with Gasteiger partial charge in [-0.25, -0.2) is 4.79 Å². The van der Waals surface area contributed by atoms with E-state index >= 15 is 0 Å². The van der Waals surface area contributed by atoms with Crippen molar-refractivity contribution in [3.8, 4) is 5.75 Å². The zero-order chi connectivity index (χ0) is 15.4. The molecule has 0 aliphatic rings. The number of rotatable bonds is 5. The number of amides is 1. The van der Waals surface area contributed by atoms with Crippen LogP contribution in [-0.4, -0.2) is 24.0 Å². The normalized spacial score (nSPS) is 10.4. The zero-order valence-corrected chi connectivity index (χ0v) is 12.9. The maximum Gasteiger partial charge on any atom is 0.441 e. The minimum atomic E-state index is -0.511. The number of carbonyl (C=O) groups is 1. The summed E-state index contributed by atoms with van der Waals surface area (Å²) in [6, 6.07) is 4.93. The third-order valence-electron chi connectivity index (χ3n) is 2.53. The summed E-state index contributed by atoms with van der Waals surface area (Å²) in [5, 5.41) is 5.78. The van der Waals surface area contributed by atoms with Crippen LogP contribution >= 0.6 is 23.4 Å². The van der Waals surface area contributed by atoms with Crippen molar-refractivity contribution in [2.75, 3.05) is 18.2 Å². The van der Waals surface area contributed by atoms with E-state index in [1.165, 1.54) is 11.8 Å². The summed E-state index contributed by atoms with van der Waals surface area (Å²) in [7, 11) is 3.13. The molecule has 2 rings (SSSR count). The van der Waals surface area contributed by atoms with Crippen molar-refractivity contribution >= 4 is 35.0 Å². The standard InChI is InChI=1S/C12H12ClN3O4S/c1-16-11(12(18)20-15-16)21-6-10(17)14-7-3-4-9(19-2)8(13)5-7/h3-5H,6H2,1-2H3,(H-,14,15,17,18)/p+1. The van der Waals surface area contributed by atoms with Crippen molar-refractivity contribution in [1.29, 1.82) is 0 Å². The monoisotopic (exact) mass is 330 g/mol. The van der Waals surface area contributed by atoms with Crippen molar-refractivity contribution in [2.24, 2.45) is 7.05 Å². The molecule has 0 radical (unpaired) electrons. The van der Waals surface area contributed by atoms with Crippen LogP contribution in [0.15, 0.2) is 32.5 Å². The lowest BCUT2D eigenvalue weighted by Crippen LogP contribution is -2.34. The number of methoxy groups -OCH3 is 1. The number of hydrogen-bond donors (Lipinski definition) is 2. The molecule has 0 spiro atoms. The molecule has 0 atom stereocenters. The molecule has 112 valence electrons. The van der Waals surface area contributed by atoms with E-state index in [1.807, 2.05) is 0 Å². The molecule has 21 heavy (non-hydrogen) atoms. The Labute approximate surface area is 129 Å². The fourth-order valence-corrected chi connectivity index (χ4v) is 2.55. The summed E-state index contributed by atoms with van der Waals surface area (Å²) < 4.78 is 11.0. The summed E-state index contributed by atoms with van der Waals surface area (Å²) in [6.45, 7) is 0. The first-order valence-corrected chi connectivity index (χ1v) is 7.21. The zero-order valence-electron chi connectivity index (χ0n) is 11.3. The molecule has 2 aromatic rings. The van der Waals surface area contributed by atoms with Gasteiger partial charge >= 0.3 is 10.7 Å². The molecule has 0 aliphatic carbocycles. The first-order valence-electron chi connectivity index (χ1n) is 5.85. The number of anilines is 1. The average Bonchev–Trinajstić information content (AvgIpc) is 2.76. The van der Waals surface area contributed by atoms with E-state index in [0.717, 1.165) is 11.8 Å². The van der Waals surface area contributed by atoms with Crippen molar-refractivity contribution in [2.45, 2.75) is 5.03 Å². The number of aromatic amines is 1. The fourth-order valence-electron chi connectivity index (χ4n) is 1.56. The van der Waals surface area contributed by atoms with Gasteiger partial charge in [-0.3, -0.25) is 9.32 Å². The van der Waals surface area contributed by atoms with Crippen LogP contribution in [-0.2, 0) is 11.8 Å². The molecule has 0 saturated heterocycles. The van der Waals surface area contributed by atoms with Crippen molar-refractivity contribution in [1.82, 2.24) is 5.27 Å². The lowest BCUT2D eigenvalue weighted by atomic mass is 10.3. The summed E-state index contributed by atoms with van der Waals surface area (Å²) in [6.07, 6.45) is 0. The maximum absolute atomic E-state index is 11.8. The second kappa shape index (κ2) is 6.68. The van der Waals surface area contributed by atoms with Gasteiger partial charge in [0.05, 0.1) is 17.9 Å². The van der Waals surface area contributed by atoms with Gasteiger partial charge < -0.3 is 10.1 Å². The number of aryl methyl sites for hydroxylation is 1. The van der Waals surface area contributed by atoms with E-state index in [9.17, 15) is 9.59 Å². The van der Waals surface area contributed by atoms with Crippen molar-refractivity contribution < 1.29 is 18.7 Å². The van der Waals surface area contributed by atoms with Crippen LogP contribution in [0.1, 0.15) is 0 Å². The Morgan fingerprint density at radius 2 is 2.33 bits per heavy atom. The number of benzene rings is 1. The SMILES string of the molecule is COc1ccc(NC(=O)CSc2c(=O)o[nH][n+]2C)cc1Cl. The van der Waals surface area contributed by atoms with Crippen LogP contribution in [0.25, 0.3) is 0 Å². The molecule has 7 nitrogen and oxygen atoms in total. The molecular weight excluding hydrogens is 318 g/mol. The van der Waals surface area contributed by atoms with Crippen LogP contribution in [0.2, 0.25) is 5.02 Å². The van der Waals surface area contributed by atoms with E-state index in [1.54, 1.807) is 25.2 Å². The largest absolute Gasteiger partial charge is 0.495 e. The lowest BCUT2D eigenvalue weighted by molar-refractivity contribution is -0.772. The van der Waals surface area contributed by atoms with Gasteiger partial charge in [0.1, 0.15) is 5.75 Å². The van der Waals surface area contributed by atoms with Crippen LogP contribution in [0.4, 0.5) is 5.69 Å². The number of hydrogen-bond acceptors (Lipinski definition) is 5. The average molecular weight is 331 g/mol. The molecule has 0 aliphatic heterocycles. The number of thioether (sulfide) groups is 1. The number of nitrogens with zero attached hydrogens (tertiary/aromatic N) is 1. The number of H-pyrrole nitrogens is 1. The lowest BCUT2D eigenvalue weighted by Gasteiger charge is -2.07. The van der Waals surface area contributed by atoms with Gasteiger partial charge in [-0.05, 0) is 35.2 Å². The number of carbonyl (C=O) groups excluding carboxylic acids is 1. The third-order valence-corrected chi connectivity index (χ3v) is 3.95. The highest BCUT2D eigenvalue weighted by Crippen LogP contribution is 2.27. The Hall–Kier alpha value is -1.93. The van der Waals surface area contributed by atoms with Gasteiger partial charge in [0.2, 0.25) is 5.91 Å². The molecule has 0 unspecified atom stereocenters. The van der Waals surface area contributed by atoms with Crippen molar-refractivity contribution in [3.63, 3.8) is 0 Å². The Balaban J connectivity index is 1.96. The van der Waals surface area contributed by atoms with Gasteiger partial charge in [-0.15, -0.1) is 0 Å². The second-order valence-corrected chi connectivity index (χ2v) is 5.40. The van der Waals surface area contributed by atoms with Gasteiger partial charge in [0.15, 0.2) is 7.05 Å². The number of ether oxygens (including phenoxy) is 1. The molecule has 0 fully saturated rings. The highest BCUT2D eigenvalue weighted by molar-refractivity contribution is 7.99. The molecule has 2 N–H and O–H groups in total. The molecule has 0 bridgehead atoms. The van der Waals surface area contributed by atoms with Crippen LogP contribution in [0, 0.1) is 0 Å². The number of nitrogens with one attached hydrogen (secondary N) is 2. The first kappa shape index (κ1) is 15.5. The predicted molar refractivity (Wildman–Crippen MR) is 77.9 cm³/mol. The highest BCUT2D eigenvalue weighted by atomic mass is 35.5. The number of aromatic nitrogens is 2. The van der Waals surface area contributed by atoms with Crippen LogP contribution < -0.4 is 20.4 Å². The molecular formula is C12H13ClN3O4S+. The van der Waals surface area contributed by atoms with Gasteiger partial charge in [-0.2, -0.15) is 0 Å². The Morgan fingerprint density at radius 1 is 1.57 bits per heavy atom. The summed E-state index contributed by atoms with van der Waals surface area (Å²) in [5.74, 6) is 0.336. The minimum Gasteiger partial charge on any atom is -0.495 e.